The number of benzene rings is 1. The minimum atomic E-state index is -0.269. The molecule has 102 valence electrons. The van der Waals surface area contributed by atoms with Crippen molar-refractivity contribution in [2.24, 2.45) is 0 Å². The molecule has 3 heteroatoms. The average Bonchev–Trinajstić information content (AvgIpc) is 2.73. The Morgan fingerprint density at radius 2 is 1.95 bits per heavy atom. The van der Waals surface area contributed by atoms with Crippen molar-refractivity contribution in [3.63, 3.8) is 0 Å². The van der Waals surface area contributed by atoms with Gasteiger partial charge in [0.15, 0.2) is 0 Å². The van der Waals surface area contributed by atoms with Gasteiger partial charge < -0.3 is 4.74 Å². The first-order valence-electron chi connectivity index (χ1n) is 6.82. The Kier molecular flexibility index (Phi) is 3.93. The van der Waals surface area contributed by atoms with Crippen LogP contribution >= 0.6 is 0 Å². The van der Waals surface area contributed by atoms with Crippen molar-refractivity contribution >= 4 is 6.09 Å². The predicted molar refractivity (Wildman–Crippen MR) is 75.8 cm³/mol. The van der Waals surface area contributed by atoms with E-state index in [2.05, 4.69) is 20.4 Å². The monoisotopic (exact) mass is 259 g/mol. The highest BCUT2D eigenvalue weighted by Gasteiger charge is 2.51. The molecule has 1 saturated heterocycles. The van der Waals surface area contributed by atoms with Crippen molar-refractivity contribution in [1.82, 2.24) is 4.90 Å². The molecule has 1 heterocycles. The second-order valence-corrected chi connectivity index (χ2v) is 4.92. The Bertz CT molecular complexity index is 451. The number of carbonyl (C=O) groups is 1. The van der Waals surface area contributed by atoms with Crippen LogP contribution < -0.4 is 0 Å². The molecular weight excluding hydrogens is 238 g/mol. The molecule has 0 saturated carbocycles. The van der Waals surface area contributed by atoms with E-state index in [0.717, 1.165) is 18.4 Å². The molecule has 1 aliphatic rings. The van der Waals surface area contributed by atoms with E-state index in [9.17, 15) is 4.79 Å². The molecule has 0 aliphatic carbocycles. The molecule has 1 atom stereocenters. The van der Waals surface area contributed by atoms with E-state index in [-0.39, 0.29) is 17.7 Å². The predicted octanol–water partition coefficient (Wildman–Crippen LogP) is 3.75. The van der Waals surface area contributed by atoms with Crippen LogP contribution in [-0.4, -0.2) is 22.6 Å². The Balaban J connectivity index is 2.31. The van der Waals surface area contributed by atoms with Crippen LogP contribution in [0.4, 0.5) is 4.79 Å². The van der Waals surface area contributed by atoms with Crippen LogP contribution in [0, 0.1) is 0 Å². The molecule has 0 bridgehead atoms. The van der Waals surface area contributed by atoms with Gasteiger partial charge in [0.05, 0.1) is 5.54 Å². The third kappa shape index (κ3) is 2.25. The van der Waals surface area contributed by atoms with Crippen molar-refractivity contribution in [2.45, 2.75) is 44.9 Å². The van der Waals surface area contributed by atoms with Crippen LogP contribution in [0.3, 0.4) is 0 Å². The lowest BCUT2D eigenvalue weighted by Gasteiger charge is -2.36. The molecule has 1 aromatic rings. The first-order valence-corrected chi connectivity index (χ1v) is 6.82. The minimum absolute atomic E-state index is 0.223. The van der Waals surface area contributed by atoms with Gasteiger partial charge in [0.25, 0.3) is 0 Å². The molecule has 0 spiro atoms. The van der Waals surface area contributed by atoms with Gasteiger partial charge in [-0.05, 0) is 24.5 Å². The van der Waals surface area contributed by atoms with Gasteiger partial charge in [-0.25, -0.2) is 4.79 Å². The van der Waals surface area contributed by atoms with Crippen molar-refractivity contribution in [3.05, 3.63) is 48.6 Å². The van der Waals surface area contributed by atoms with E-state index in [1.54, 1.807) is 6.08 Å². The summed E-state index contributed by atoms with van der Waals surface area (Å²) >= 11 is 0. The molecule has 1 unspecified atom stereocenters. The first-order chi connectivity index (χ1) is 9.17. The highest BCUT2D eigenvalue weighted by Crippen LogP contribution is 2.38. The molecule has 3 nitrogen and oxygen atoms in total. The molecule has 0 N–H and O–H groups in total. The summed E-state index contributed by atoms with van der Waals surface area (Å²) in [5.74, 6) is 0. The van der Waals surface area contributed by atoms with Gasteiger partial charge in [-0.3, -0.25) is 4.90 Å². The van der Waals surface area contributed by atoms with Crippen LogP contribution in [0.2, 0.25) is 0 Å². The summed E-state index contributed by atoms with van der Waals surface area (Å²) in [7, 11) is 0. The van der Waals surface area contributed by atoms with Crippen LogP contribution in [0.25, 0.3) is 0 Å². The van der Waals surface area contributed by atoms with Crippen LogP contribution in [0.5, 0.6) is 0 Å². The van der Waals surface area contributed by atoms with Crippen molar-refractivity contribution in [3.8, 4) is 0 Å². The molecular formula is C16H21NO2. The van der Waals surface area contributed by atoms with Crippen molar-refractivity contribution < 1.29 is 9.53 Å². The topological polar surface area (TPSA) is 29.5 Å². The largest absolute Gasteiger partial charge is 0.439 e. The maximum absolute atomic E-state index is 12.1. The number of carbonyl (C=O) groups excluding carboxylic acids is 1. The highest BCUT2D eigenvalue weighted by molar-refractivity contribution is 5.72. The van der Waals surface area contributed by atoms with Gasteiger partial charge in [-0.1, -0.05) is 50.8 Å². The lowest BCUT2D eigenvalue weighted by molar-refractivity contribution is 0.118. The number of ether oxygens (including phenoxy) is 1. The van der Waals surface area contributed by atoms with Crippen molar-refractivity contribution in [2.75, 3.05) is 0 Å². The average molecular weight is 259 g/mol. The Labute approximate surface area is 114 Å². The Morgan fingerprint density at radius 1 is 1.32 bits per heavy atom. The standard InChI is InChI=1S/C16H21NO2/c1-4-14-16(5-2,6-3)17(15(18)19-14)12-13-10-8-7-9-11-13/h4,7-11,14H,1,5-6,12H2,2-3H3. The third-order valence-electron chi connectivity index (χ3n) is 4.14. The minimum Gasteiger partial charge on any atom is -0.439 e. The number of hydrogen-bond acceptors (Lipinski definition) is 2. The normalized spacial score (nSPS) is 21.3. The van der Waals surface area contributed by atoms with E-state index in [1.165, 1.54) is 0 Å². The second-order valence-electron chi connectivity index (χ2n) is 4.92. The lowest BCUT2D eigenvalue weighted by atomic mass is 9.85. The van der Waals surface area contributed by atoms with E-state index in [1.807, 2.05) is 35.2 Å². The van der Waals surface area contributed by atoms with E-state index >= 15 is 0 Å². The molecule has 1 amide bonds. The Morgan fingerprint density at radius 3 is 2.47 bits per heavy atom. The molecule has 1 fully saturated rings. The molecule has 0 radical (unpaired) electrons. The summed E-state index contributed by atoms with van der Waals surface area (Å²) in [6, 6.07) is 10.0. The lowest BCUT2D eigenvalue weighted by Crippen LogP contribution is -2.49. The van der Waals surface area contributed by atoms with E-state index in [0.29, 0.717) is 6.54 Å². The summed E-state index contributed by atoms with van der Waals surface area (Å²) in [5.41, 5.74) is 0.852. The molecule has 0 aromatic heterocycles. The number of cyclic esters (lactones) is 1. The van der Waals surface area contributed by atoms with Gasteiger partial charge in [0.1, 0.15) is 6.10 Å². The van der Waals surface area contributed by atoms with Gasteiger partial charge >= 0.3 is 6.09 Å². The van der Waals surface area contributed by atoms with Crippen LogP contribution in [0.15, 0.2) is 43.0 Å². The highest BCUT2D eigenvalue weighted by atomic mass is 16.6. The number of nitrogens with zero attached hydrogens (tertiary/aromatic N) is 1. The van der Waals surface area contributed by atoms with Crippen LogP contribution in [-0.2, 0) is 11.3 Å². The third-order valence-corrected chi connectivity index (χ3v) is 4.14. The summed E-state index contributed by atoms with van der Waals surface area (Å²) in [4.78, 5) is 14.0. The zero-order chi connectivity index (χ0) is 13.9. The zero-order valence-corrected chi connectivity index (χ0v) is 11.6. The summed E-state index contributed by atoms with van der Waals surface area (Å²) < 4.78 is 5.46. The summed E-state index contributed by atoms with van der Waals surface area (Å²) in [5, 5.41) is 0. The van der Waals surface area contributed by atoms with Gasteiger partial charge in [0, 0.05) is 6.54 Å². The van der Waals surface area contributed by atoms with Crippen molar-refractivity contribution in [1.29, 1.82) is 0 Å². The number of amides is 1. The maximum Gasteiger partial charge on any atom is 0.411 e. The van der Waals surface area contributed by atoms with Gasteiger partial charge in [0.2, 0.25) is 0 Å². The maximum atomic E-state index is 12.1. The fourth-order valence-electron chi connectivity index (χ4n) is 2.91. The van der Waals surface area contributed by atoms with Gasteiger partial charge in [-0.15, -0.1) is 0 Å². The van der Waals surface area contributed by atoms with Gasteiger partial charge in [-0.2, -0.15) is 0 Å². The quantitative estimate of drug-likeness (QED) is 0.754. The fraction of sp³-hybridized carbons (Fsp3) is 0.438. The molecule has 2 rings (SSSR count). The number of hydrogen-bond donors (Lipinski definition) is 0. The first kappa shape index (κ1) is 13.7. The zero-order valence-electron chi connectivity index (χ0n) is 11.6. The van der Waals surface area contributed by atoms with E-state index in [4.69, 9.17) is 4.74 Å². The number of rotatable bonds is 5. The summed E-state index contributed by atoms with van der Waals surface area (Å²) in [6.07, 6.45) is 3.00. The van der Waals surface area contributed by atoms with Crippen LogP contribution in [0.1, 0.15) is 32.3 Å². The Hall–Kier alpha value is -1.77. The SMILES string of the molecule is C=CC1OC(=O)N(Cc2ccccc2)C1(CC)CC. The molecule has 19 heavy (non-hydrogen) atoms. The summed E-state index contributed by atoms with van der Waals surface area (Å²) in [6.45, 7) is 8.59. The fourth-order valence-corrected chi connectivity index (χ4v) is 2.91. The molecule has 1 aliphatic heterocycles. The van der Waals surface area contributed by atoms with E-state index < -0.39 is 0 Å². The smallest absolute Gasteiger partial charge is 0.411 e. The second kappa shape index (κ2) is 5.47. The molecule has 1 aromatic carbocycles.